The van der Waals surface area contributed by atoms with Crippen LogP contribution in [-0.4, -0.2) is 34.9 Å². The van der Waals surface area contributed by atoms with Gasteiger partial charge in [0, 0.05) is 19.2 Å². The Labute approximate surface area is 164 Å². The number of amides is 2. The van der Waals surface area contributed by atoms with E-state index in [9.17, 15) is 9.59 Å². The van der Waals surface area contributed by atoms with Crippen LogP contribution in [-0.2, 0) is 4.79 Å². The van der Waals surface area contributed by atoms with Crippen molar-refractivity contribution >= 4 is 40.9 Å². The summed E-state index contributed by atoms with van der Waals surface area (Å²) in [5, 5.41) is 5.72. The third kappa shape index (κ3) is 5.24. The molecule has 2 aromatic carbocycles. The molecular weight excluding hydrogens is 358 g/mol. The monoisotopic (exact) mass is 379 g/mol. The first kappa shape index (κ1) is 18.8. The molecule has 0 saturated carbocycles. The van der Waals surface area contributed by atoms with Gasteiger partial charge in [-0.2, -0.15) is 0 Å². The first-order chi connectivity index (χ1) is 13.1. The minimum atomic E-state index is -0.334. The van der Waals surface area contributed by atoms with Crippen molar-refractivity contribution in [2.45, 2.75) is 12.8 Å². The van der Waals surface area contributed by atoms with Crippen molar-refractivity contribution in [1.29, 1.82) is 0 Å². The summed E-state index contributed by atoms with van der Waals surface area (Å²) in [7, 11) is 0. The van der Waals surface area contributed by atoms with Crippen molar-refractivity contribution in [3.63, 3.8) is 0 Å². The van der Waals surface area contributed by atoms with E-state index in [1.807, 2.05) is 47.4 Å². The molecule has 1 aliphatic heterocycles. The zero-order valence-electron chi connectivity index (χ0n) is 14.9. The van der Waals surface area contributed by atoms with Gasteiger partial charge in [-0.1, -0.05) is 42.5 Å². The van der Waals surface area contributed by atoms with Crippen LogP contribution in [0.3, 0.4) is 0 Å². The molecule has 1 fully saturated rings. The van der Waals surface area contributed by atoms with E-state index in [1.165, 1.54) is 6.08 Å². The number of benzene rings is 2. The molecule has 1 saturated heterocycles. The number of carbonyl (C=O) groups is 2. The summed E-state index contributed by atoms with van der Waals surface area (Å²) >= 11 is 5.22. The number of hydrogen-bond donors (Lipinski definition) is 2. The van der Waals surface area contributed by atoms with E-state index in [-0.39, 0.29) is 16.9 Å². The number of nitrogens with zero attached hydrogens (tertiary/aromatic N) is 1. The van der Waals surface area contributed by atoms with Gasteiger partial charge in [0.2, 0.25) is 5.91 Å². The van der Waals surface area contributed by atoms with Crippen molar-refractivity contribution in [2.75, 3.05) is 18.4 Å². The second kappa shape index (κ2) is 9.09. The molecule has 0 atom stereocenters. The highest BCUT2D eigenvalue weighted by Crippen LogP contribution is 2.20. The van der Waals surface area contributed by atoms with Gasteiger partial charge in [-0.05, 0) is 48.8 Å². The van der Waals surface area contributed by atoms with E-state index in [1.54, 1.807) is 18.2 Å². The van der Waals surface area contributed by atoms with Gasteiger partial charge in [0.25, 0.3) is 5.91 Å². The molecule has 0 aliphatic carbocycles. The van der Waals surface area contributed by atoms with Crippen LogP contribution < -0.4 is 10.6 Å². The zero-order chi connectivity index (χ0) is 19.1. The molecule has 6 heteroatoms. The van der Waals surface area contributed by atoms with Crippen molar-refractivity contribution in [3.8, 4) is 0 Å². The number of thiocarbonyl (C=S) groups is 1. The van der Waals surface area contributed by atoms with Gasteiger partial charge >= 0.3 is 0 Å². The molecule has 2 N–H and O–H groups in total. The highest BCUT2D eigenvalue weighted by atomic mass is 32.1. The Kier molecular flexibility index (Phi) is 6.33. The quantitative estimate of drug-likeness (QED) is 0.631. The number of para-hydroxylation sites is 1. The number of hydrogen-bond acceptors (Lipinski definition) is 3. The topological polar surface area (TPSA) is 61.4 Å². The second-order valence-electron chi connectivity index (χ2n) is 6.23. The van der Waals surface area contributed by atoms with Gasteiger partial charge in [0.1, 0.15) is 0 Å². The third-order valence-corrected chi connectivity index (χ3v) is 4.47. The predicted molar refractivity (Wildman–Crippen MR) is 111 cm³/mol. The van der Waals surface area contributed by atoms with Crippen molar-refractivity contribution < 1.29 is 9.59 Å². The van der Waals surface area contributed by atoms with Crippen LogP contribution in [0, 0.1) is 0 Å². The van der Waals surface area contributed by atoms with Crippen LogP contribution in [0.4, 0.5) is 5.69 Å². The summed E-state index contributed by atoms with van der Waals surface area (Å²) in [5.74, 6) is -0.353. The maximum absolute atomic E-state index is 12.7. The number of likely N-dealkylation sites (tertiary alicyclic amines) is 1. The zero-order valence-corrected chi connectivity index (χ0v) is 15.7. The lowest BCUT2D eigenvalue weighted by molar-refractivity contribution is -0.115. The molecule has 2 amide bonds. The van der Waals surface area contributed by atoms with Crippen LogP contribution in [0.5, 0.6) is 0 Å². The first-order valence-corrected chi connectivity index (χ1v) is 9.28. The van der Waals surface area contributed by atoms with E-state index in [4.69, 9.17) is 12.2 Å². The molecule has 3 rings (SSSR count). The molecule has 0 radical (unpaired) electrons. The van der Waals surface area contributed by atoms with E-state index in [2.05, 4.69) is 10.6 Å². The van der Waals surface area contributed by atoms with Crippen LogP contribution in [0.2, 0.25) is 0 Å². The lowest BCUT2D eigenvalue weighted by atomic mass is 10.1. The molecule has 2 aromatic rings. The minimum Gasteiger partial charge on any atom is -0.339 e. The summed E-state index contributed by atoms with van der Waals surface area (Å²) < 4.78 is 0. The molecule has 0 unspecified atom stereocenters. The fourth-order valence-electron chi connectivity index (χ4n) is 2.91. The summed E-state index contributed by atoms with van der Waals surface area (Å²) in [5.41, 5.74) is 2.07. The fraction of sp³-hybridized carbons (Fsp3) is 0.190. The van der Waals surface area contributed by atoms with Crippen LogP contribution in [0.1, 0.15) is 28.8 Å². The predicted octanol–water partition coefficient (Wildman–Crippen LogP) is 3.45. The molecule has 0 aromatic heterocycles. The molecule has 27 heavy (non-hydrogen) atoms. The molecule has 1 aliphatic rings. The van der Waals surface area contributed by atoms with Crippen LogP contribution >= 0.6 is 12.2 Å². The standard InChI is InChI=1S/C21H21N3O2S/c25-19(13-12-16-8-2-1-3-9-16)23-21(27)22-18-11-5-4-10-17(18)20(26)24-14-6-7-15-24/h1-5,8-13H,6-7,14-15H2,(H2,22,23,25,27). The Hall–Kier alpha value is -2.99. The number of nitrogens with one attached hydrogen (secondary N) is 2. The smallest absolute Gasteiger partial charge is 0.255 e. The van der Waals surface area contributed by atoms with Gasteiger partial charge in [-0.3, -0.25) is 14.9 Å². The highest BCUT2D eigenvalue weighted by molar-refractivity contribution is 7.80. The summed E-state index contributed by atoms with van der Waals surface area (Å²) in [6, 6.07) is 16.7. The first-order valence-electron chi connectivity index (χ1n) is 8.87. The van der Waals surface area contributed by atoms with E-state index in [0.29, 0.717) is 11.3 Å². The van der Waals surface area contributed by atoms with Crippen LogP contribution in [0.25, 0.3) is 6.08 Å². The van der Waals surface area contributed by atoms with Gasteiger partial charge in [-0.15, -0.1) is 0 Å². The lowest BCUT2D eigenvalue weighted by Crippen LogP contribution is -2.34. The molecule has 0 spiro atoms. The van der Waals surface area contributed by atoms with Crippen molar-refractivity contribution in [2.24, 2.45) is 0 Å². The normalized spacial score (nSPS) is 13.6. The Morgan fingerprint density at radius 1 is 0.963 bits per heavy atom. The van der Waals surface area contributed by atoms with E-state index >= 15 is 0 Å². The summed E-state index contributed by atoms with van der Waals surface area (Å²) in [4.78, 5) is 26.6. The maximum Gasteiger partial charge on any atom is 0.255 e. The van der Waals surface area contributed by atoms with Gasteiger partial charge in [0.05, 0.1) is 11.3 Å². The third-order valence-electron chi connectivity index (χ3n) is 4.26. The molecule has 1 heterocycles. The van der Waals surface area contributed by atoms with E-state index < -0.39 is 0 Å². The van der Waals surface area contributed by atoms with Crippen LogP contribution in [0.15, 0.2) is 60.7 Å². The maximum atomic E-state index is 12.7. The van der Waals surface area contributed by atoms with Crippen molar-refractivity contribution in [3.05, 3.63) is 71.8 Å². The molecule has 5 nitrogen and oxygen atoms in total. The van der Waals surface area contributed by atoms with Crippen molar-refractivity contribution in [1.82, 2.24) is 10.2 Å². The second-order valence-corrected chi connectivity index (χ2v) is 6.64. The van der Waals surface area contributed by atoms with Gasteiger partial charge < -0.3 is 10.2 Å². The summed E-state index contributed by atoms with van der Waals surface area (Å²) in [6.07, 6.45) is 5.19. The minimum absolute atomic E-state index is 0.0197. The number of rotatable bonds is 4. The number of carbonyl (C=O) groups excluding carboxylic acids is 2. The van der Waals surface area contributed by atoms with Gasteiger partial charge in [-0.25, -0.2) is 0 Å². The molecular formula is C21H21N3O2S. The average molecular weight is 379 g/mol. The van der Waals surface area contributed by atoms with Gasteiger partial charge in [0.15, 0.2) is 5.11 Å². The Bertz CT molecular complexity index is 859. The summed E-state index contributed by atoms with van der Waals surface area (Å²) in [6.45, 7) is 1.55. The average Bonchev–Trinajstić information content (AvgIpc) is 3.22. The molecule has 138 valence electrons. The van der Waals surface area contributed by atoms with E-state index in [0.717, 1.165) is 31.5 Å². The fourth-order valence-corrected chi connectivity index (χ4v) is 3.12. The molecule has 0 bridgehead atoms. The Balaban J connectivity index is 1.61. The lowest BCUT2D eigenvalue weighted by Gasteiger charge is -2.18. The Morgan fingerprint density at radius 2 is 1.63 bits per heavy atom. The number of anilines is 1. The largest absolute Gasteiger partial charge is 0.339 e. The SMILES string of the molecule is O=C(C=Cc1ccccc1)NC(=S)Nc1ccccc1C(=O)N1CCCC1. The highest BCUT2D eigenvalue weighted by Gasteiger charge is 2.21. The Morgan fingerprint density at radius 3 is 2.37 bits per heavy atom.